The molecule has 5 aromatic rings. The summed E-state index contributed by atoms with van der Waals surface area (Å²) in [7, 11) is 5.52. The van der Waals surface area contributed by atoms with E-state index in [-0.39, 0.29) is 30.1 Å². The Morgan fingerprint density at radius 2 is 1.37 bits per heavy atom. The van der Waals surface area contributed by atoms with Crippen LogP contribution in [-0.4, -0.2) is 93.1 Å². The predicted octanol–water partition coefficient (Wildman–Crippen LogP) is 7.67. The molecule has 326 valence electrons. The fraction of sp³-hybridized carbons (Fsp3) is 0.375. The number of nitrogens with one attached hydrogen (secondary N) is 1. The Morgan fingerprint density at radius 1 is 0.677 bits per heavy atom. The minimum atomic E-state index is -3.78. The summed E-state index contributed by atoms with van der Waals surface area (Å²) < 4.78 is 78.2. The molecule has 0 unspecified atom stereocenters. The van der Waals surface area contributed by atoms with Gasteiger partial charge in [0.05, 0.1) is 32.8 Å². The lowest BCUT2D eigenvalue weighted by atomic mass is 9.87. The van der Waals surface area contributed by atoms with Gasteiger partial charge in [-0.15, -0.1) is 0 Å². The van der Waals surface area contributed by atoms with Gasteiger partial charge < -0.3 is 37.9 Å². The van der Waals surface area contributed by atoms with E-state index in [2.05, 4.69) is 65.0 Å². The van der Waals surface area contributed by atoms with Crippen LogP contribution in [0.15, 0.2) is 83.8 Å². The van der Waals surface area contributed by atoms with Gasteiger partial charge >= 0.3 is 0 Å². The van der Waals surface area contributed by atoms with E-state index in [0.29, 0.717) is 83.6 Å². The quantitative estimate of drug-likeness (QED) is 0.139. The van der Waals surface area contributed by atoms with Gasteiger partial charge in [0.1, 0.15) is 19.0 Å². The molecule has 0 radical (unpaired) electrons. The number of ether oxygens (including phenoxy) is 8. The van der Waals surface area contributed by atoms with Crippen molar-refractivity contribution in [1.82, 2.24) is 14.5 Å². The van der Waals surface area contributed by atoms with Crippen molar-refractivity contribution in [3.05, 3.63) is 112 Å². The fourth-order valence-corrected chi connectivity index (χ4v) is 10.1. The first kappa shape index (κ1) is 41.7. The third-order valence-corrected chi connectivity index (χ3v) is 13.8. The van der Waals surface area contributed by atoms with Crippen molar-refractivity contribution in [1.29, 1.82) is 0 Å². The number of nitrogens with zero attached hydrogens (tertiary/aromatic N) is 2. The number of rotatable bonds is 10. The minimum Gasteiger partial charge on any atom is -0.493 e. The SMILES string of the molecule is COc1cc2c3cc1Oc1c(OC)c(OC)cc4c1[C@@H](Cc1ccc(OCCCNS(=O)(=O)c5ccc6c(c5)OCCO6)c(c1)Oc1ccc(cc1)C[C@@H]3N(C)CC2)N(C)CC4. The zero-order chi connectivity index (χ0) is 43.0. The first-order chi connectivity index (χ1) is 30.1. The molecular weight excluding hydrogens is 811 g/mol. The van der Waals surface area contributed by atoms with Crippen LogP contribution in [0.25, 0.3) is 0 Å². The average molecular weight is 864 g/mol. The molecule has 0 saturated heterocycles. The molecule has 5 aromatic carbocycles. The van der Waals surface area contributed by atoms with Crippen LogP contribution in [0.1, 0.15) is 51.9 Å². The number of hydrogen-bond donors (Lipinski definition) is 1. The second-order valence-electron chi connectivity index (χ2n) is 16.2. The van der Waals surface area contributed by atoms with Crippen molar-refractivity contribution < 1.29 is 46.3 Å². The summed E-state index contributed by atoms with van der Waals surface area (Å²) >= 11 is 0. The molecule has 0 saturated carbocycles. The number of fused-ring (bicyclic) bond motifs is 3. The van der Waals surface area contributed by atoms with E-state index in [0.717, 1.165) is 49.0 Å². The molecule has 14 heteroatoms. The van der Waals surface area contributed by atoms with Crippen molar-refractivity contribution in [3.8, 4) is 57.5 Å². The Labute approximate surface area is 363 Å². The van der Waals surface area contributed by atoms with Crippen LogP contribution in [0.4, 0.5) is 0 Å². The van der Waals surface area contributed by atoms with Crippen LogP contribution in [0.2, 0.25) is 0 Å². The molecule has 5 heterocycles. The number of benzene rings is 5. The van der Waals surface area contributed by atoms with Gasteiger partial charge in [0, 0.05) is 43.3 Å². The highest BCUT2D eigenvalue weighted by Gasteiger charge is 2.35. The molecule has 0 spiro atoms. The lowest BCUT2D eigenvalue weighted by Crippen LogP contribution is -2.34. The van der Waals surface area contributed by atoms with E-state index in [9.17, 15) is 8.42 Å². The monoisotopic (exact) mass is 863 g/mol. The standard InChI is InChI=1S/C48H53N3O10S/c1-50-18-15-32-26-41(54-3)44-29-36(32)37(50)23-30-7-10-34(11-8-30)60-43-25-31(24-38-46-33(16-19-51(38)2)27-45(55-4)47(56-5)48(46)61-44)9-13-40(43)57-20-6-17-49-62(52,53)35-12-14-39-42(28-35)59-22-21-58-39/h7-14,25-29,37-38,49H,6,15-24H2,1-5H3/t37-,38+/m0/s1. The van der Waals surface area contributed by atoms with E-state index in [1.807, 2.05) is 24.3 Å². The summed E-state index contributed by atoms with van der Waals surface area (Å²) in [4.78, 5) is 4.87. The maximum absolute atomic E-state index is 13.1. The molecule has 5 aliphatic heterocycles. The molecule has 5 aliphatic rings. The van der Waals surface area contributed by atoms with Crippen LogP contribution < -0.4 is 42.6 Å². The second-order valence-corrected chi connectivity index (χ2v) is 17.9. The topological polar surface area (TPSA) is 126 Å². The third-order valence-electron chi connectivity index (χ3n) is 12.3. The van der Waals surface area contributed by atoms with E-state index in [1.165, 1.54) is 28.8 Å². The van der Waals surface area contributed by atoms with Crippen LogP contribution in [-0.2, 0) is 35.7 Å². The number of sulfonamides is 1. The van der Waals surface area contributed by atoms with Crippen LogP contribution in [0.3, 0.4) is 0 Å². The lowest BCUT2D eigenvalue weighted by Gasteiger charge is -2.37. The van der Waals surface area contributed by atoms with Gasteiger partial charge in [-0.05, 0) is 129 Å². The summed E-state index contributed by atoms with van der Waals surface area (Å²) in [6.45, 7) is 2.97. The highest BCUT2D eigenvalue weighted by Crippen LogP contribution is 2.52. The molecule has 13 nitrogen and oxygen atoms in total. The molecule has 2 atom stereocenters. The minimum absolute atomic E-state index is 0.0976. The van der Waals surface area contributed by atoms with E-state index >= 15 is 0 Å². The molecular formula is C48H53N3O10S. The highest BCUT2D eigenvalue weighted by molar-refractivity contribution is 7.89. The summed E-state index contributed by atoms with van der Waals surface area (Å²) in [6, 6.07) is 25.2. The normalized spacial score (nSPS) is 18.3. The number of likely N-dealkylation sites (N-methyl/N-ethyl adjacent to an activating group) is 2. The maximum Gasteiger partial charge on any atom is 0.240 e. The summed E-state index contributed by atoms with van der Waals surface area (Å²) in [5, 5.41) is 0. The van der Waals surface area contributed by atoms with Crippen LogP contribution in [0.5, 0.6) is 57.5 Å². The van der Waals surface area contributed by atoms with E-state index in [1.54, 1.807) is 27.4 Å². The molecule has 10 rings (SSSR count). The lowest BCUT2D eigenvalue weighted by molar-refractivity contribution is 0.171. The Bertz CT molecular complexity index is 2570. The second kappa shape index (κ2) is 17.6. The highest BCUT2D eigenvalue weighted by atomic mass is 32.2. The van der Waals surface area contributed by atoms with E-state index in [4.69, 9.17) is 37.9 Å². The van der Waals surface area contributed by atoms with Crippen LogP contribution >= 0.6 is 0 Å². The maximum atomic E-state index is 13.1. The largest absolute Gasteiger partial charge is 0.493 e. The number of methoxy groups -OCH3 is 3. The molecule has 62 heavy (non-hydrogen) atoms. The van der Waals surface area contributed by atoms with Gasteiger partial charge in [-0.2, -0.15) is 0 Å². The predicted molar refractivity (Wildman–Crippen MR) is 234 cm³/mol. The van der Waals surface area contributed by atoms with Gasteiger partial charge in [-0.25, -0.2) is 13.1 Å². The summed E-state index contributed by atoms with van der Waals surface area (Å²) in [5.74, 6) is 5.77. The molecule has 1 N–H and O–H groups in total. The van der Waals surface area contributed by atoms with Crippen molar-refractivity contribution in [2.24, 2.45) is 0 Å². The van der Waals surface area contributed by atoms with Gasteiger partial charge in [0.2, 0.25) is 15.8 Å². The first-order valence-electron chi connectivity index (χ1n) is 21.1. The smallest absolute Gasteiger partial charge is 0.240 e. The van der Waals surface area contributed by atoms with Crippen LogP contribution in [0, 0.1) is 0 Å². The molecule has 6 bridgehead atoms. The Morgan fingerprint density at radius 3 is 2.15 bits per heavy atom. The Kier molecular flexibility index (Phi) is 11.8. The molecule has 0 aliphatic carbocycles. The van der Waals surface area contributed by atoms with Gasteiger partial charge in [-0.3, -0.25) is 9.80 Å². The molecule has 0 aromatic heterocycles. The Balaban J connectivity index is 1.05. The Hall–Kier alpha value is -5.67. The molecule has 0 amide bonds. The average Bonchev–Trinajstić information content (AvgIpc) is 3.28. The summed E-state index contributed by atoms with van der Waals surface area (Å²) in [6.07, 6.45) is 3.52. The summed E-state index contributed by atoms with van der Waals surface area (Å²) in [5.41, 5.74) is 6.80. The van der Waals surface area contributed by atoms with Gasteiger partial charge in [0.15, 0.2) is 46.0 Å². The zero-order valence-electron chi connectivity index (χ0n) is 35.8. The number of hydrogen-bond acceptors (Lipinski definition) is 12. The van der Waals surface area contributed by atoms with Gasteiger partial charge in [0.25, 0.3) is 0 Å². The first-order valence-corrected chi connectivity index (χ1v) is 22.6. The van der Waals surface area contributed by atoms with E-state index < -0.39 is 10.0 Å². The third kappa shape index (κ3) is 8.31. The van der Waals surface area contributed by atoms with Crippen molar-refractivity contribution >= 4 is 10.0 Å². The van der Waals surface area contributed by atoms with Crippen molar-refractivity contribution in [2.45, 2.75) is 49.1 Å². The van der Waals surface area contributed by atoms with Crippen molar-refractivity contribution in [2.75, 3.05) is 74.9 Å². The fourth-order valence-electron chi connectivity index (χ4n) is 8.96. The molecule has 0 fully saturated rings. The van der Waals surface area contributed by atoms with Gasteiger partial charge in [-0.1, -0.05) is 18.2 Å². The zero-order valence-corrected chi connectivity index (χ0v) is 36.6. The van der Waals surface area contributed by atoms with Crippen molar-refractivity contribution in [3.63, 3.8) is 0 Å².